The number of aromatic nitrogens is 2. The molecular formula is C12H13N3O2S. The zero-order valence-corrected chi connectivity index (χ0v) is 10.4. The van der Waals surface area contributed by atoms with Crippen LogP contribution in [0, 0.1) is 0 Å². The summed E-state index contributed by atoms with van der Waals surface area (Å²) in [5.74, 6) is 0.281. The van der Waals surface area contributed by atoms with Crippen molar-refractivity contribution in [2.24, 2.45) is 0 Å². The third-order valence-corrected chi connectivity index (χ3v) is 4.50. The average molecular weight is 263 g/mol. The van der Waals surface area contributed by atoms with Gasteiger partial charge in [0.25, 0.3) is 10.0 Å². The van der Waals surface area contributed by atoms with E-state index in [0.717, 1.165) is 6.42 Å². The number of imidazole rings is 1. The Kier molecular flexibility index (Phi) is 2.68. The summed E-state index contributed by atoms with van der Waals surface area (Å²) in [7, 11) is -3.46. The van der Waals surface area contributed by atoms with Crippen LogP contribution in [0.3, 0.4) is 0 Å². The minimum atomic E-state index is -3.46. The maximum atomic E-state index is 11.9. The van der Waals surface area contributed by atoms with E-state index < -0.39 is 10.0 Å². The molecule has 0 saturated heterocycles. The number of nitrogens with zero attached hydrogens (tertiary/aromatic N) is 1. The molecule has 1 aromatic heterocycles. The third kappa shape index (κ3) is 2.16. The number of aromatic amines is 1. The first-order valence-corrected chi connectivity index (χ1v) is 7.21. The lowest BCUT2D eigenvalue weighted by atomic mass is 10.1. The van der Waals surface area contributed by atoms with Gasteiger partial charge in [0.05, 0.1) is 12.5 Å². The smallest absolute Gasteiger partial charge is 0.257 e. The molecule has 2 unspecified atom stereocenters. The van der Waals surface area contributed by atoms with Crippen LogP contribution in [0.15, 0.2) is 47.9 Å². The molecule has 0 radical (unpaired) electrons. The van der Waals surface area contributed by atoms with E-state index in [1.165, 1.54) is 18.1 Å². The molecule has 2 atom stereocenters. The van der Waals surface area contributed by atoms with E-state index in [1.54, 1.807) is 0 Å². The van der Waals surface area contributed by atoms with Crippen molar-refractivity contribution >= 4 is 10.0 Å². The summed E-state index contributed by atoms with van der Waals surface area (Å²) in [6, 6.07) is 9.92. The predicted molar refractivity (Wildman–Crippen MR) is 66.5 cm³/mol. The summed E-state index contributed by atoms with van der Waals surface area (Å²) in [5, 5.41) is 0.112. The molecular weight excluding hydrogens is 250 g/mol. The van der Waals surface area contributed by atoms with E-state index >= 15 is 0 Å². The Morgan fingerprint density at radius 2 is 2.06 bits per heavy atom. The van der Waals surface area contributed by atoms with Crippen molar-refractivity contribution in [3.05, 3.63) is 48.4 Å². The predicted octanol–water partition coefficient (Wildman–Crippen LogP) is 1.24. The highest BCUT2D eigenvalue weighted by molar-refractivity contribution is 7.89. The van der Waals surface area contributed by atoms with Crippen molar-refractivity contribution < 1.29 is 8.42 Å². The molecule has 1 aliphatic carbocycles. The Morgan fingerprint density at radius 1 is 1.28 bits per heavy atom. The summed E-state index contributed by atoms with van der Waals surface area (Å²) in [4.78, 5) is 6.32. The van der Waals surface area contributed by atoms with Gasteiger partial charge in [-0.1, -0.05) is 30.3 Å². The van der Waals surface area contributed by atoms with Gasteiger partial charge in [0.15, 0.2) is 5.03 Å². The first kappa shape index (κ1) is 11.4. The fourth-order valence-corrected chi connectivity index (χ4v) is 3.24. The van der Waals surface area contributed by atoms with Gasteiger partial charge in [0.2, 0.25) is 0 Å². The largest absolute Gasteiger partial charge is 0.335 e. The van der Waals surface area contributed by atoms with Crippen molar-refractivity contribution in [1.82, 2.24) is 14.7 Å². The Morgan fingerprint density at radius 3 is 2.72 bits per heavy atom. The standard InChI is InChI=1S/C12H13N3O2S/c16-18(17,12-7-13-8-14-12)15-11-6-10(11)9-4-2-1-3-5-9/h1-5,7-8,10-11,15H,6H2,(H,13,14). The van der Waals surface area contributed by atoms with Crippen molar-refractivity contribution in [3.8, 4) is 0 Å². The summed E-state index contributed by atoms with van der Waals surface area (Å²) in [6.07, 6.45) is 3.51. The molecule has 0 bridgehead atoms. The first-order valence-electron chi connectivity index (χ1n) is 5.72. The highest BCUT2D eigenvalue weighted by Crippen LogP contribution is 2.41. The molecule has 2 N–H and O–H groups in total. The van der Waals surface area contributed by atoms with Crippen molar-refractivity contribution in [2.75, 3.05) is 0 Å². The molecule has 1 saturated carbocycles. The SMILES string of the molecule is O=S(=O)(NC1CC1c1ccccc1)c1cnc[nH]1. The molecule has 0 spiro atoms. The van der Waals surface area contributed by atoms with Crippen molar-refractivity contribution in [3.63, 3.8) is 0 Å². The molecule has 6 heteroatoms. The quantitative estimate of drug-likeness (QED) is 0.871. The van der Waals surface area contributed by atoms with Gasteiger partial charge >= 0.3 is 0 Å². The minimum Gasteiger partial charge on any atom is -0.335 e. The van der Waals surface area contributed by atoms with Gasteiger partial charge in [-0.2, -0.15) is 0 Å². The lowest BCUT2D eigenvalue weighted by Gasteiger charge is -2.04. The number of benzene rings is 1. The van der Waals surface area contributed by atoms with Crippen LogP contribution in [-0.2, 0) is 10.0 Å². The van der Waals surface area contributed by atoms with Crippen LogP contribution >= 0.6 is 0 Å². The Bertz CT molecular complexity index is 623. The highest BCUT2D eigenvalue weighted by Gasteiger charge is 2.41. The molecule has 1 fully saturated rings. The molecule has 1 aliphatic rings. The molecule has 18 heavy (non-hydrogen) atoms. The van der Waals surface area contributed by atoms with Crippen molar-refractivity contribution in [2.45, 2.75) is 23.4 Å². The summed E-state index contributed by atoms with van der Waals surface area (Å²) >= 11 is 0. The van der Waals surface area contributed by atoms with Crippen LogP contribution in [0.25, 0.3) is 0 Å². The monoisotopic (exact) mass is 263 g/mol. The van der Waals surface area contributed by atoms with Gasteiger partial charge in [0, 0.05) is 12.0 Å². The van der Waals surface area contributed by atoms with Crippen LogP contribution in [0.5, 0.6) is 0 Å². The van der Waals surface area contributed by atoms with E-state index in [-0.39, 0.29) is 17.0 Å². The van der Waals surface area contributed by atoms with Crippen LogP contribution in [-0.4, -0.2) is 24.4 Å². The molecule has 94 valence electrons. The van der Waals surface area contributed by atoms with Gasteiger partial charge in [0.1, 0.15) is 0 Å². The number of H-pyrrole nitrogens is 1. The van der Waals surface area contributed by atoms with Crippen molar-refractivity contribution in [1.29, 1.82) is 0 Å². The lowest BCUT2D eigenvalue weighted by Crippen LogP contribution is -2.27. The first-order chi connectivity index (χ1) is 8.67. The van der Waals surface area contributed by atoms with E-state index in [2.05, 4.69) is 14.7 Å². The van der Waals surface area contributed by atoms with E-state index in [0.29, 0.717) is 0 Å². The van der Waals surface area contributed by atoms with Crippen LogP contribution < -0.4 is 4.72 Å². The molecule has 3 rings (SSSR count). The molecule has 1 heterocycles. The molecule has 0 amide bonds. The van der Waals surface area contributed by atoms with E-state index in [9.17, 15) is 8.42 Å². The summed E-state index contributed by atoms with van der Waals surface area (Å²) in [6.45, 7) is 0. The zero-order chi connectivity index (χ0) is 12.6. The maximum absolute atomic E-state index is 11.9. The Balaban J connectivity index is 1.70. The maximum Gasteiger partial charge on any atom is 0.257 e. The number of hydrogen-bond donors (Lipinski definition) is 2. The second-order valence-electron chi connectivity index (χ2n) is 4.40. The fourth-order valence-electron chi connectivity index (χ4n) is 2.05. The Labute approximate surface area is 105 Å². The lowest BCUT2D eigenvalue weighted by molar-refractivity contribution is 0.577. The normalized spacial score (nSPS) is 22.9. The summed E-state index contributed by atoms with van der Waals surface area (Å²) < 4.78 is 26.6. The van der Waals surface area contributed by atoms with Crippen LogP contribution in [0.1, 0.15) is 17.9 Å². The molecule has 2 aromatic rings. The second-order valence-corrected chi connectivity index (χ2v) is 6.08. The van der Waals surface area contributed by atoms with E-state index in [4.69, 9.17) is 0 Å². The zero-order valence-electron chi connectivity index (χ0n) is 9.58. The number of hydrogen-bond acceptors (Lipinski definition) is 3. The van der Waals surface area contributed by atoms with Gasteiger partial charge in [-0.05, 0) is 12.0 Å². The van der Waals surface area contributed by atoms with Gasteiger partial charge in [-0.15, -0.1) is 0 Å². The third-order valence-electron chi connectivity index (χ3n) is 3.09. The average Bonchev–Trinajstić information content (AvgIpc) is 2.91. The molecule has 0 aliphatic heterocycles. The van der Waals surface area contributed by atoms with Gasteiger partial charge in [-0.25, -0.2) is 18.1 Å². The number of rotatable bonds is 4. The molecule has 5 nitrogen and oxygen atoms in total. The van der Waals surface area contributed by atoms with Crippen LogP contribution in [0.4, 0.5) is 0 Å². The molecule has 1 aromatic carbocycles. The minimum absolute atomic E-state index is 0.0132. The van der Waals surface area contributed by atoms with E-state index in [1.807, 2.05) is 30.3 Å². The fraction of sp³-hybridized carbons (Fsp3) is 0.250. The number of sulfonamides is 1. The number of nitrogens with one attached hydrogen (secondary N) is 2. The van der Waals surface area contributed by atoms with Gasteiger partial charge in [-0.3, -0.25) is 0 Å². The van der Waals surface area contributed by atoms with Gasteiger partial charge < -0.3 is 4.98 Å². The second kappa shape index (κ2) is 4.22. The Hall–Kier alpha value is -1.66. The highest BCUT2D eigenvalue weighted by atomic mass is 32.2. The van der Waals surface area contributed by atoms with Crippen LogP contribution in [0.2, 0.25) is 0 Å². The topological polar surface area (TPSA) is 74.8 Å². The summed E-state index contributed by atoms with van der Waals surface area (Å²) in [5.41, 5.74) is 1.18.